The molecule has 0 heterocycles. The Kier molecular flexibility index (Phi) is 10.3. The van der Waals surface area contributed by atoms with Crippen molar-refractivity contribution in [1.29, 1.82) is 0 Å². The monoisotopic (exact) mass is 549 g/mol. The zero-order valence-corrected chi connectivity index (χ0v) is 24.3. The summed E-state index contributed by atoms with van der Waals surface area (Å²) in [6.45, 7) is 9.79. The van der Waals surface area contributed by atoms with E-state index in [2.05, 4.69) is 5.32 Å². The third-order valence-electron chi connectivity index (χ3n) is 6.55. The molecule has 0 saturated carbocycles. The van der Waals surface area contributed by atoms with Gasteiger partial charge in [0.05, 0.1) is 10.6 Å². The Bertz CT molecular complexity index is 1390. The van der Waals surface area contributed by atoms with E-state index >= 15 is 0 Å². The van der Waals surface area contributed by atoms with E-state index in [-0.39, 0.29) is 17.3 Å². The number of carbonyl (C=O) groups is 2. The lowest BCUT2D eigenvalue weighted by atomic mass is 10.1. The number of hydrogen-bond donors (Lipinski definition) is 1. The van der Waals surface area contributed by atoms with Crippen molar-refractivity contribution in [1.82, 2.24) is 10.2 Å². The van der Waals surface area contributed by atoms with E-state index in [4.69, 9.17) is 0 Å². The van der Waals surface area contributed by atoms with E-state index in [0.717, 1.165) is 33.0 Å². The molecule has 0 aliphatic heterocycles. The van der Waals surface area contributed by atoms with Crippen LogP contribution in [0.3, 0.4) is 0 Å². The van der Waals surface area contributed by atoms with Crippen molar-refractivity contribution in [2.24, 2.45) is 0 Å². The molecule has 0 saturated heterocycles. The van der Waals surface area contributed by atoms with Gasteiger partial charge in [0.2, 0.25) is 11.8 Å². The number of anilines is 1. The van der Waals surface area contributed by atoms with E-state index < -0.39 is 28.5 Å². The van der Waals surface area contributed by atoms with Gasteiger partial charge in [0.1, 0.15) is 12.6 Å². The maximum Gasteiger partial charge on any atom is 0.264 e. The molecule has 0 radical (unpaired) electrons. The average Bonchev–Trinajstić information content (AvgIpc) is 2.90. The van der Waals surface area contributed by atoms with Gasteiger partial charge in [-0.05, 0) is 69.0 Å². The highest BCUT2D eigenvalue weighted by Gasteiger charge is 2.33. The maximum atomic E-state index is 14.1. The second-order valence-electron chi connectivity index (χ2n) is 9.89. The Balaban J connectivity index is 2.05. The number of amides is 2. The Hall–Kier alpha value is -3.65. The summed E-state index contributed by atoms with van der Waals surface area (Å²) in [4.78, 5) is 28.8. The predicted molar refractivity (Wildman–Crippen MR) is 156 cm³/mol. The standard InChI is InChI=1S/C31H39N3O4S/c1-6-18-32-31(36)29(7-2)33(21-26-12-8-10-24(4)19-26)30(35)22-34(27-13-9-11-25(5)20-27)39(37,38)28-16-14-23(3)15-17-28/h8-17,19-20,29H,6-7,18,21-22H2,1-5H3,(H,32,36)/t29-/m0/s1. The minimum absolute atomic E-state index is 0.0976. The Labute approximate surface area is 232 Å². The fourth-order valence-electron chi connectivity index (χ4n) is 4.44. The van der Waals surface area contributed by atoms with Crippen molar-refractivity contribution < 1.29 is 18.0 Å². The van der Waals surface area contributed by atoms with Crippen LogP contribution in [0, 0.1) is 20.8 Å². The Morgan fingerprint density at radius 3 is 2.08 bits per heavy atom. The summed E-state index contributed by atoms with van der Waals surface area (Å²) in [6.07, 6.45) is 1.16. The van der Waals surface area contributed by atoms with Crippen molar-refractivity contribution in [2.75, 3.05) is 17.4 Å². The van der Waals surface area contributed by atoms with Crippen molar-refractivity contribution in [3.63, 3.8) is 0 Å². The molecule has 39 heavy (non-hydrogen) atoms. The van der Waals surface area contributed by atoms with Gasteiger partial charge in [-0.2, -0.15) is 0 Å². The molecule has 208 valence electrons. The minimum Gasteiger partial charge on any atom is -0.354 e. The van der Waals surface area contributed by atoms with Crippen LogP contribution in [-0.4, -0.2) is 44.3 Å². The molecular weight excluding hydrogens is 510 g/mol. The van der Waals surface area contributed by atoms with Gasteiger partial charge in [-0.1, -0.05) is 73.5 Å². The lowest BCUT2D eigenvalue weighted by Crippen LogP contribution is -2.52. The first-order chi connectivity index (χ1) is 18.6. The van der Waals surface area contributed by atoms with E-state index in [9.17, 15) is 18.0 Å². The van der Waals surface area contributed by atoms with Gasteiger partial charge in [-0.25, -0.2) is 8.42 Å². The molecule has 0 aliphatic rings. The number of hydrogen-bond acceptors (Lipinski definition) is 4. The van der Waals surface area contributed by atoms with Crippen LogP contribution in [0.2, 0.25) is 0 Å². The molecule has 7 nitrogen and oxygen atoms in total. The number of nitrogens with zero attached hydrogens (tertiary/aromatic N) is 2. The lowest BCUT2D eigenvalue weighted by Gasteiger charge is -2.33. The van der Waals surface area contributed by atoms with E-state index in [1.165, 1.54) is 4.90 Å². The molecule has 8 heteroatoms. The van der Waals surface area contributed by atoms with Gasteiger partial charge >= 0.3 is 0 Å². The maximum absolute atomic E-state index is 14.1. The minimum atomic E-state index is -4.08. The van der Waals surface area contributed by atoms with Crippen LogP contribution in [0.25, 0.3) is 0 Å². The molecule has 0 spiro atoms. The van der Waals surface area contributed by atoms with Crippen LogP contribution in [0.15, 0.2) is 77.7 Å². The molecule has 0 bridgehead atoms. The third kappa shape index (κ3) is 7.69. The molecular formula is C31H39N3O4S. The van der Waals surface area contributed by atoms with Crippen LogP contribution in [0.4, 0.5) is 5.69 Å². The zero-order valence-electron chi connectivity index (χ0n) is 23.5. The largest absolute Gasteiger partial charge is 0.354 e. The molecule has 1 atom stereocenters. The first kappa shape index (κ1) is 29.9. The fraction of sp³-hybridized carbons (Fsp3) is 0.355. The second kappa shape index (κ2) is 13.4. The van der Waals surface area contributed by atoms with E-state index in [1.807, 2.05) is 65.0 Å². The number of benzene rings is 3. The van der Waals surface area contributed by atoms with Gasteiger partial charge in [0, 0.05) is 13.1 Å². The van der Waals surface area contributed by atoms with Gasteiger partial charge in [0.25, 0.3) is 10.0 Å². The Morgan fingerprint density at radius 2 is 1.49 bits per heavy atom. The average molecular weight is 550 g/mol. The van der Waals surface area contributed by atoms with E-state index in [1.54, 1.807) is 42.5 Å². The quantitative estimate of drug-likeness (QED) is 0.339. The van der Waals surface area contributed by atoms with Crippen molar-refractivity contribution >= 4 is 27.5 Å². The van der Waals surface area contributed by atoms with Crippen LogP contribution >= 0.6 is 0 Å². The van der Waals surface area contributed by atoms with Crippen LogP contribution in [-0.2, 0) is 26.2 Å². The molecule has 0 fully saturated rings. The third-order valence-corrected chi connectivity index (χ3v) is 8.34. The molecule has 0 aromatic heterocycles. The molecule has 2 amide bonds. The highest BCUT2D eigenvalue weighted by Crippen LogP contribution is 2.26. The summed E-state index contributed by atoms with van der Waals surface area (Å²) < 4.78 is 29.0. The van der Waals surface area contributed by atoms with Gasteiger partial charge in [-0.3, -0.25) is 13.9 Å². The topological polar surface area (TPSA) is 86.8 Å². The zero-order chi connectivity index (χ0) is 28.6. The number of rotatable bonds is 12. The van der Waals surface area contributed by atoms with Crippen molar-refractivity contribution in [3.8, 4) is 0 Å². The Morgan fingerprint density at radius 1 is 0.846 bits per heavy atom. The number of aryl methyl sites for hydroxylation is 3. The highest BCUT2D eigenvalue weighted by molar-refractivity contribution is 7.92. The second-order valence-corrected chi connectivity index (χ2v) is 11.8. The number of sulfonamides is 1. The van der Waals surface area contributed by atoms with E-state index in [0.29, 0.717) is 18.7 Å². The summed E-state index contributed by atoms with van der Waals surface area (Å²) >= 11 is 0. The van der Waals surface area contributed by atoms with Gasteiger partial charge < -0.3 is 10.2 Å². The normalized spacial score (nSPS) is 12.0. The summed E-state index contributed by atoms with van der Waals surface area (Å²) in [7, 11) is -4.08. The SMILES string of the molecule is CCCNC(=O)[C@H](CC)N(Cc1cccc(C)c1)C(=O)CN(c1cccc(C)c1)S(=O)(=O)c1ccc(C)cc1. The molecule has 3 rings (SSSR count). The summed E-state index contributed by atoms with van der Waals surface area (Å²) in [5.41, 5.74) is 4.09. The van der Waals surface area contributed by atoms with Gasteiger partial charge in [0.15, 0.2) is 0 Å². The smallest absolute Gasteiger partial charge is 0.264 e. The van der Waals surface area contributed by atoms with Crippen LogP contribution < -0.4 is 9.62 Å². The van der Waals surface area contributed by atoms with Crippen LogP contribution in [0.5, 0.6) is 0 Å². The molecule has 0 aliphatic carbocycles. The molecule has 0 unspecified atom stereocenters. The summed E-state index contributed by atoms with van der Waals surface area (Å²) in [5, 5.41) is 2.91. The number of carbonyl (C=O) groups excluding carboxylic acids is 2. The molecule has 1 N–H and O–H groups in total. The highest BCUT2D eigenvalue weighted by atomic mass is 32.2. The van der Waals surface area contributed by atoms with Crippen molar-refractivity contribution in [2.45, 2.75) is 64.9 Å². The lowest BCUT2D eigenvalue weighted by molar-refractivity contribution is -0.140. The fourth-order valence-corrected chi connectivity index (χ4v) is 5.85. The first-order valence-corrected chi connectivity index (χ1v) is 14.8. The van der Waals surface area contributed by atoms with Gasteiger partial charge in [-0.15, -0.1) is 0 Å². The number of nitrogens with one attached hydrogen (secondary N) is 1. The van der Waals surface area contributed by atoms with Crippen LogP contribution in [0.1, 0.15) is 48.9 Å². The predicted octanol–water partition coefficient (Wildman–Crippen LogP) is 5.14. The molecule has 3 aromatic rings. The summed E-state index contributed by atoms with van der Waals surface area (Å²) in [5.74, 6) is -0.698. The summed E-state index contributed by atoms with van der Waals surface area (Å²) in [6, 6.07) is 20.6. The molecule has 3 aromatic carbocycles. The first-order valence-electron chi connectivity index (χ1n) is 13.4. The van der Waals surface area contributed by atoms with Crippen molar-refractivity contribution in [3.05, 3.63) is 95.1 Å².